The molecule has 2 heterocycles. The van der Waals surface area contributed by atoms with Gasteiger partial charge in [0.1, 0.15) is 5.69 Å². The predicted molar refractivity (Wildman–Crippen MR) is 124 cm³/mol. The average Bonchev–Trinajstić information content (AvgIpc) is 3.14. The molecule has 168 valence electrons. The Labute approximate surface area is 187 Å². The Kier molecular flexibility index (Phi) is 6.01. The highest BCUT2D eigenvalue weighted by molar-refractivity contribution is 7.94. The molecule has 2 aromatic carbocycles. The number of nitro benzene ring substituents is 1. The fraction of sp³-hybridized carbons (Fsp3) is 0.348. The van der Waals surface area contributed by atoms with Crippen molar-refractivity contribution in [3.8, 4) is 0 Å². The predicted octanol–water partition coefficient (Wildman–Crippen LogP) is 3.85. The highest BCUT2D eigenvalue weighted by Gasteiger charge is 2.33. The van der Waals surface area contributed by atoms with Crippen molar-refractivity contribution in [1.82, 2.24) is 0 Å². The number of carbonyl (C=O) groups is 1. The Morgan fingerprint density at radius 1 is 1.09 bits per heavy atom. The number of benzene rings is 2. The SMILES string of the molecule is Cc1ccc(N(C(=O)c2ccc(N3CCCCC3)c([N+](=O)[O-])c2)C2C=CS(=O)(=O)C2)cc1. The summed E-state index contributed by atoms with van der Waals surface area (Å²) in [6.07, 6.45) is 4.54. The second kappa shape index (κ2) is 8.74. The van der Waals surface area contributed by atoms with Crippen molar-refractivity contribution in [2.24, 2.45) is 0 Å². The summed E-state index contributed by atoms with van der Waals surface area (Å²) in [5.74, 6) is -0.700. The van der Waals surface area contributed by atoms with Crippen molar-refractivity contribution in [1.29, 1.82) is 0 Å². The minimum atomic E-state index is -3.40. The Morgan fingerprint density at radius 3 is 2.38 bits per heavy atom. The molecule has 1 unspecified atom stereocenters. The highest BCUT2D eigenvalue weighted by atomic mass is 32.2. The molecule has 4 rings (SSSR count). The lowest BCUT2D eigenvalue weighted by atomic mass is 10.1. The van der Waals surface area contributed by atoms with Crippen molar-refractivity contribution < 1.29 is 18.1 Å². The van der Waals surface area contributed by atoms with Crippen LogP contribution in [0, 0.1) is 17.0 Å². The van der Waals surface area contributed by atoms with E-state index in [-0.39, 0.29) is 17.0 Å². The summed E-state index contributed by atoms with van der Waals surface area (Å²) < 4.78 is 24.1. The minimum Gasteiger partial charge on any atom is -0.366 e. The first kappa shape index (κ1) is 22.0. The van der Waals surface area contributed by atoms with E-state index in [9.17, 15) is 23.3 Å². The van der Waals surface area contributed by atoms with Crippen LogP contribution in [0.3, 0.4) is 0 Å². The van der Waals surface area contributed by atoms with Gasteiger partial charge in [-0.15, -0.1) is 0 Å². The number of nitrogens with zero attached hydrogens (tertiary/aromatic N) is 3. The molecule has 0 aliphatic carbocycles. The summed E-state index contributed by atoms with van der Waals surface area (Å²) in [6, 6.07) is 11.0. The van der Waals surface area contributed by atoms with Crippen molar-refractivity contribution in [3.05, 3.63) is 75.2 Å². The first-order valence-electron chi connectivity index (χ1n) is 10.6. The second-order valence-electron chi connectivity index (χ2n) is 8.24. The lowest BCUT2D eigenvalue weighted by molar-refractivity contribution is -0.384. The summed E-state index contributed by atoms with van der Waals surface area (Å²) in [7, 11) is -3.40. The smallest absolute Gasteiger partial charge is 0.293 e. The molecule has 9 heteroatoms. The molecule has 0 aromatic heterocycles. The summed E-state index contributed by atoms with van der Waals surface area (Å²) in [5.41, 5.74) is 2.08. The van der Waals surface area contributed by atoms with Crippen LogP contribution >= 0.6 is 0 Å². The van der Waals surface area contributed by atoms with Gasteiger partial charge in [0.25, 0.3) is 11.6 Å². The molecule has 8 nitrogen and oxygen atoms in total. The summed E-state index contributed by atoms with van der Waals surface area (Å²) in [6.45, 7) is 3.40. The van der Waals surface area contributed by atoms with E-state index in [2.05, 4.69) is 0 Å². The zero-order valence-corrected chi connectivity index (χ0v) is 18.6. The maximum Gasteiger partial charge on any atom is 0.293 e. The van der Waals surface area contributed by atoms with Crippen molar-refractivity contribution >= 4 is 32.8 Å². The van der Waals surface area contributed by atoms with Gasteiger partial charge in [-0.2, -0.15) is 0 Å². The van der Waals surface area contributed by atoms with Crippen LogP contribution < -0.4 is 9.80 Å². The molecule has 1 fully saturated rings. The zero-order chi connectivity index (χ0) is 22.9. The molecule has 2 aromatic rings. The van der Waals surface area contributed by atoms with Crippen LogP contribution in [0.5, 0.6) is 0 Å². The van der Waals surface area contributed by atoms with E-state index in [4.69, 9.17) is 0 Å². The Hall–Kier alpha value is -3.20. The van der Waals surface area contributed by atoms with Crippen LogP contribution in [-0.2, 0) is 9.84 Å². The zero-order valence-electron chi connectivity index (χ0n) is 17.8. The van der Waals surface area contributed by atoms with Gasteiger partial charge in [-0.25, -0.2) is 8.42 Å². The number of sulfone groups is 1. The summed E-state index contributed by atoms with van der Waals surface area (Å²) in [4.78, 5) is 28.3. The van der Waals surface area contributed by atoms with E-state index < -0.39 is 26.7 Å². The average molecular weight is 456 g/mol. The second-order valence-corrected chi connectivity index (χ2v) is 10.2. The number of hydrogen-bond acceptors (Lipinski definition) is 6. The molecule has 1 atom stereocenters. The number of piperidine rings is 1. The molecule has 1 amide bonds. The van der Waals surface area contributed by atoms with Gasteiger partial charge in [-0.1, -0.05) is 17.7 Å². The Morgan fingerprint density at radius 2 is 1.78 bits per heavy atom. The lowest BCUT2D eigenvalue weighted by Crippen LogP contribution is -2.41. The number of aryl methyl sites for hydroxylation is 1. The van der Waals surface area contributed by atoms with Crippen LogP contribution in [0.4, 0.5) is 17.1 Å². The van der Waals surface area contributed by atoms with Crippen molar-refractivity contribution in [2.75, 3.05) is 28.6 Å². The summed E-state index contributed by atoms with van der Waals surface area (Å²) in [5, 5.41) is 12.9. The van der Waals surface area contributed by atoms with Crippen LogP contribution in [0.2, 0.25) is 0 Å². The third kappa shape index (κ3) is 4.52. The topological polar surface area (TPSA) is 101 Å². The number of amides is 1. The fourth-order valence-corrected chi connectivity index (χ4v) is 5.50. The Bertz CT molecular complexity index is 1170. The van der Waals surface area contributed by atoms with Gasteiger partial charge >= 0.3 is 0 Å². The third-order valence-corrected chi connectivity index (χ3v) is 7.27. The number of rotatable bonds is 5. The molecule has 0 radical (unpaired) electrons. The van der Waals surface area contributed by atoms with Gasteiger partial charge in [0, 0.05) is 35.8 Å². The van der Waals surface area contributed by atoms with Gasteiger partial charge in [-0.05, 0) is 56.5 Å². The molecule has 32 heavy (non-hydrogen) atoms. The maximum atomic E-state index is 13.6. The standard InChI is InChI=1S/C23H25N3O5S/c1-17-5-8-19(9-6-17)25(20-11-14-32(30,31)16-20)23(27)18-7-10-21(22(15-18)26(28)29)24-12-3-2-4-13-24/h5-11,14-15,20H,2-4,12-13,16H2,1H3. The van der Waals surface area contributed by atoms with E-state index in [1.807, 2.05) is 24.0 Å². The monoisotopic (exact) mass is 455 g/mol. The van der Waals surface area contributed by atoms with E-state index in [0.717, 1.165) is 43.3 Å². The van der Waals surface area contributed by atoms with E-state index in [0.29, 0.717) is 11.4 Å². The van der Waals surface area contributed by atoms with Gasteiger partial charge in [-0.3, -0.25) is 14.9 Å². The molecule has 0 saturated carbocycles. The van der Waals surface area contributed by atoms with Gasteiger partial charge in [0.15, 0.2) is 9.84 Å². The van der Waals surface area contributed by atoms with E-state index in [1.165, 1.54) is 17.0 Å². The highest BCUT2D eigenvalue weighted by Crippen LogP contribution is 2.33. The molecule has 0 bridgehead atoms. The number of hydrogen-bond donors (Lipinski definition) is 0. The maximum absolute atomic E-state index is 13.6. The van der Waals surface area contributed by atoms with Crippen LogP contribution in [0.1, 0.15) is 35.2 Å². The van der Waals surface area contributed by atoms with E-state index >= 15 is 0 Å². The first-order valence-corrected chi connectivity index (χ1v) is 12.3. The largest absolute Gasteiger partial charge is 0.366 e. The lowest BCUT2D eigenvalue weighted by Gasteiger charge is -2.30. The normalized spacial score (nSPS) is 19.7. The number of carbonyl (C=O) groups excluding carboxylic acids is 1. The summed E-state index contributed by atoms with van der Waals surface area (Å²) >= 11 is 0. The van der Waals surface area contributed by atoms with Gasteiger partial charge < -0.3 is 9.80 Å². The molecule has 0 spiro atoms. The van der Waals surface area contributed by atoms with Gasteiger partial charge in [0.2, 0.25) is 0 Å². The van der Waals surface area contributed by atoms with Crippen LogP contribution in [0.25, 0.3) is 0 Å². The third-order valence-electron chi connectivity index (χ3n) is 5.89. The molecule has 2 aliphatic heterocycles. The quantitative estimate of drug-likeness (QED) is 0.501. The number of anilines is 2. The van der Waals surface area contributed by atoms with Gasteiger partial charge in [0.05, 0.1) is 16.7 Å². The molecular weight excluding hydrogens is 430 g/mol. The van der Waals surface area contributed by atoms with E-state index in [1.54, 1.807) is 24.3 Å². The van der Waals surface area contributed by atoms with Crippen LogP contribution in [-0.4, -0.2) is 44.1 Å². The van der Waals surface area contributed by atoms with Crippen molar-refractivity contribution in [2.45, 2.75) is 32.2 Å². The number of nitro groups is 1. The molecular formula is C23H25N3O5S. The minimum absolute atomic E-state index is 0.115. The molecule has 0 N–H and O–H groups in total. The first-order chi connectivity index (χ1) is 15.2. The van der Waals surface area contributed by atoms with Crippen LogP contribution in [0.15, 0.2) is 53.9 Å². The fourth-order valence-electron chi connectivity index (χ4n) is 4.23. The Balaban J connectivity index is 1.73. The van der Waals surface area contributed by atoms with Crippen molar-refractivity contribution in [3.63, 3.8) is 0 Å². The molecule has 2 aliphatic rings. The molecule has 1 saturated heterocycles.